The molecule has 0 bridgehead atoms. The highest BCUT2D eigenvalue weighted by Crippen LogP contribution is 2.31. The number of aliphatic hydroxyl groups is 1. The molecule has 0 heterocycles. The van der Waals surface area contributed by atoms with Crippen LogP contribution >= 0.6 is 0 Å². The minimum absolute atomic E-state index is 0.0367. The zero-order valence-corrected chi connectivity index (χ0v) is 11.5. The molecule has 1 aliphatic carbocycles. The van der Waals surface area contributed by atoms with Crippen molar-refractivity contribution in [1.82, 2.24) is 4.90 Å². The maximum absolute atomic E-state index is 13.7. The molecule has 21 heavy (non-hydrogen) atoms. The van der Waals surface area contributed by atoms with Crippen LogP contribution in [0.15, 0.2) is 6.07 Å². The Bertz CT molecular complexity index is 571. The molecule has 0 aromatic heterocycles. The molecule has 0 aliphatic heterocycles. The highest BCUT2D eigenvalue weighted by Gasteiger charge is 2.34. The number of nitrogens with zero attached hydrogens (tertiary/aromatic N) is 1. The van der Waals surface area contributed by atoms with E-state index >= 15 is 0 Å². The monoisotopic (exact) mass is 303 g/mol. The molecular formula is C14H16F3NO3. The van der Waals surface area contributed by atoms with E-state index in [4.69, 9.17) is 5.11 Å². The van der Waals surface area contributed by atoms with E-state index in [0.717, 1.165) is 17.7 Å². The number of benzene rings is 1. The van der Waals surface area contributed by atoms with Crippen molar-refractivity contribution in [2.75, 3.05) is 13.6 Å². The fourth-order valence-corrected chi connectivity index (χ4v) is 2.66. The van der Waals surface area contributed by atoms with Gasteiger partial charge in [0.25, 0.3) is 5.91 Å². The normalized spacial score (nSPS) is 17.0. The summed E-state index contributed by atoms with van der Waals surface area (Å²) in [5.74, 6) is -7.20. The first kappa shape index (κ1) is 15.6. The first-order valence-electron chi connectivity index (χ1n) is 6.59. The summed E-state index contributed by atoms with van der Waals surface area (Å²) in [4.78, 5) is 13.1. The minimum atomic E-state index is -1.74. The van der Waals surface area contributed by atoms with Gasteiger partial charge in [-0.15, -0.1) is 0 Å². The van der Waals surface area contributed by atoms with Crippen LogP contribution in [0.2, 0.25) is 0 Å². The number of phenolic OH excluding ortho intramolecular Hbond substituents is 1. The summed E-state index contributed by atoms with van der Waals surface area (Å²) in [6, 6.07) is 0.405. The topological polar surface area (TPSA) is 60.8 Å². The molecule has 0 unspecified atom stereocenters. The quantitative estimate of drug-likeness (QED) is 0.842. The van der Waals surface area contributed by atoms with Gasteiger partial charge < -0.3 is 15.1 Å². The third-order valence-corrected chi connectivity index (χ3v) is 3.78. The lowest BCUT2D eigenvalue weighted by atomic mass is 10.0. The number of halogens is 3. The number of phenols is 1. The van der Waals surface area contributed by atoms with Crippen LogP contribution in [-0.4, -0.2) is 40.2 Å². The Kier molecular flexibility index (Phi) is 4.13. The lowest BCUT2D eigenvalue weighted by Gasteiger charge is -2.28. The Balaban J connectivity index is 2.24. The molecule has 1 aliphatic rings. The van der Waals surface area contributed by atoms with Gasteiger partial charge in [0.05, 0.1) is 11.2 Å². The SMILES string of the molecule is CN(CC1(O)CCCC1)C(=O)c1cc(F)c(F)c(O)c1F. The number of hydrogen-bond donors (Lipinski definition) is 2. The summed E-state index contributed by atoms with van der Waals surface area (Å²) >= 11 is 0. The molecule has 7 heteroatoms. The molecule has 0 saturated heterocycles. The van der Waals surface area contributed by atoms with E-state index in [2.05, 4.69) is 0 Å². The van der Waals surface area contributed by atoms with Crippen LogP contribution in [0.25, 0.3) is 0 Å². The van der Waals surface area contributed by atoms with E-state index in [-0.39, 0.29) is 6.54 Å². The van der Waals surface area contributed by atoms with Gasteiger partial charge in [0.1, 0.15) is 0 Å². The maximum atomic E-state index is 13.7. The van der Waals surface area contributed by atoms with Gasteiger partial charge in [-0.25, -0.2) is 8.78 Å². The molecule has 0 radical (unpaired) electrons. The van der Waals surface area contributed by atoms with Crippen molar-refractivity contribution in [1.29, 1.82) is 0 Å². The number of hydrogen-bond acceptors (Lipinski definition) is 3. The van der Waals surface area contributed by atoms with Gasteiger partial charge in [0, 0.05) is 13.6 Å². The van der Waals surface area contributed by atoms with E-state index in [0.29, 0.717) is 18.9 Å². The molecule has 1 fully saturated rings. The Morgan fingerprint density at radius 3 is 2.43 bits per heavy atom. The predicted molar refractivity (Wildman–Crippen MR) is 68.4 cm³/mol. The zero-order chi connectivity index (χ0) is 15.8. The molecule has 0 atom stereocenters. The van der Waals surface area contributed by atoms with Gasteiger partial charge in [-0.3, -0.25) is 4.79 Å². The van der Waals surface area contributed by atoms with Crippen LogP contribution in [-0.2, 0) is 0 Å². The third kappa shape index (κ3) is 2.97. The summed E-state index contributed by atoms with van der Waals surface area (Å²) in [5.41, 5.74) is -1.81. The molecule has 0 spiro atoms. The van der Waals surface area contributed by atoms with Crippen molar-refractivity contribution in [3.63, 3.8) is 0 Å². The minimum Gasteiger partial charge on any atom is -0.503 e. The van der Waals surface area contributed by atoms with Crippen molar-refractivity contribution in [2.45, 2.75) is 31.3 Å². The summed E-state index contributed by atoms with van der Waals surface area (Å²) in [7, 11) is 1.33. The average Bonchev–Trinajstić information content (AvgIpc) is 2.86. The highest BCUT2D eigenvalue weighted by molar-refractivity contribution is 5.94. The molecule has 2 rings (SSSR count). The zero-order valence-electron chi connectivity index (χ0n) is 11.5. The Labute approximate surface area is 119 Å². The van der Waals surface area contributed by atoms with Crippen LogP contribution in [0, 0.1) is 17.5 Å². The van der Waals surface area contributed by atoms with Crippen LogP contribution in [0.4, 0.5) is 13.2 Å². The Morgan fingerprint density at radius 1 is 1.29 bits per heavy atom. The van der Waals surface area contributed by atoms with Gasteiger partial charge in [0.15, 0.2) is 17.4 Å². The van der Waals surface area contributed by atoms with Crippen molar-refractivity contribution >= 4 is 5.91 Å². The van der Waals surface area contributed by atoms with E-state index < -0.39 is 40.3 Å². The first-order chi connectivity index (χ1) is 9.75. The second-order valence-corrected chi connectivity index (χ2v) is 5.48. The number of aromatic hydroxyl groups is 1. The van der Waals surface area contributed by atoms with E-state index in [1.54, 1.807) is 0 Å². The largest absolute Gasteiger partial charge is 0.503 e. The standard InChI is InChI=1S/C14H16F3NO3/c1-18(7-14(21)4-2-3-5-14)13(20)8-6-9(15)11(17)12(19)10(8)16/h6,19,21H,2-5,7H2,1H3. The molecule has 4 nitrogen and oxygen atoms in total. The number of amides is 1. The second-order valence-electron chi connectivity index (χ2n) is 5.48. The highest BCUT2D eigenvalue weighted by atomic mass is 19.2. The molecule has 1 aromatic rings. The maximum Gasteiger partial charge on any atom is 0.256 e. The number of carbonyl (C=O) groups excluding carboxylic acids is 1. The van der Waals surface area contributed by atoms with E-state index in [1.807, 2.05) is 0 Å². The van der Waals surface area contributed by atoms with Gasteiger partial charge in [-0.05, 0) is 18.9 Å². The fourth-order valence-electron chi connectivity index (χ4n) is 2.66. The lowest BCUT2D eigenvalue weighted by molar-refractivity contribution is 0.0154. The van der Waals surface area contributed by atoms with Gasteiger partial charge in [-0.1, -0.05) is 12.8 Å². The molecule has 1 amide bonds. The Morgan fingerprint density at radius 2 is 1.86 bits per heavy atom. The number of likely N-dealkylation sites (N-methyl/N-ethyl adjacent to an activating group) is 1. The molecule has 1 saturated carbocycles. The molecule has 116 valence electrons. The van der Waals surface area contributed by atoms with Crippen molar-refractivity contribution in [3.8, 4) is 5.75 Å². The van der Waals surface area contributed by atoms with Crippen molar-refractivity contribution in [3.05, 3.63) is 29.1 Å². The van der Waals surface area contributed by atoms with Crippen LogP contribution < -0.4 is 0 Å². The molecule has 2 N–H and O–H groups in total. The smallest absolute Gasteiger partial charge is 0.256 e. The predicted octanol–water partition coefficient (Wildman–Crippen LogP) is 2.19. The summed E-state index contributed by atoms with van der Waals surface area (Å²) in [6.45, 7) is -0.0367. The van der Waals surface area contributed by atoms with Gasteiger partial charge >= 0.3 is 0 Å². The summed E-state index contributed by atoms with van der Waals surface area (Å²) in [5, 5.41) is 19.3. The lowest BCUT2D eigenvalue weighted by Crippen LogP contribution is -2.42. The van der Waals surface area contributed by atoms with Crippen LogP contribution in [0.3, 0.4) is 0 Å². The first-order valence-corrected chi connectivity index (χ1v) is 6.59. The second kappa shape index (κ2) is 5.55. The van der Waals surface area contributed by atoms with Gasteiger partial charge in [-0.2, -0.15) is 4.39 Å². The number of carbonyl (C=O) groups is 1. The van der Waals surface area contributed by atoms with Crippen LogP contribution in [0.1, 0.15) is 36.0 Å². The van der Waals surface area contributed by atoms with E-state index in [9.17, 15) is 23.1 Å². The van der Waals surface area contributed by atoms with Crippen molar-refractivity contribution in [2.24, 2.45) is 0 Å². The summed E-state index contributed by atoms with van der Waals surface area (Å²) in [6.07, 6.45) is 2.71. The molecular weight excluding hydrogens is 287 g/mol. The van der Waals surface area contributed by atoms with Gasteiger partial charge in [0.2, 0.25) is 5.82 Å². The third-order valence-electron chi connectivity index (χ3n) is 3.78. The summed E-state index contributed by atoms with van der Waals surface area (Å²) < 4.78 is 39.9. The Hall–Kier alpha value is -1.76. The number of rotatable bonds is 3. The van der Waals surface area contributed by atoms with Crippen molar-refractivity contribution < 1.29 is 28.2 Å². The fraction of sp³-hybridized carbons (Fsp3) is 0.500. The molecule has 1 aromatic carbocycles. The van der Waals surface area contributed by atoms with E-state index in [1.165, 1.54) is 7.05 Å². The average molecular weight is 303 g/mol. The van der Waals surface area contributed by atoms with Crippen LogP contribution in [0.5, 0.6) is 5.75 Å².